The molecule has 0 saturated carbocycles. The Morgan fingerprint density at radius 3 is 2.41 bits per heavy atom. The summed E-state index contributed by atoms with van der Waals surface area (Å²) in [5.41, 5.74) is 5.15. The number of rotatable bonds is 6. The summed E-state index contributed by atoms with van der Waals surface area (Å²) in [6.45, 7) is 4.57. The first kappa shape index (κ1) is 18.5. The van der Waals surface area contributed by atoms with E-state index in [-0.39, 0.29) is 5.91 Å². The van der Waals surface area contributed by atoms with Crippen molar-refractivity contribution in [2.24, 2.45) is 0 Å². The summed E-state index contributed by atoms with van der Waals surface area (Å²) < 4.78 is 5.77. The van der Waals surface area contributed by atoms with Crippen LogP contribution in [0.1, 0.15) is 22.3 Å². The van der Waals surface area contributed by atoms with Crippen LogP contribution in [0.25, 0.3) is 6.08 Å². The molecule has 0 atom stereocenters. The third-order valence-electron chi connectivity index (χ3n) is 4.42. The third-order valence-corrected chi connectivity index (χ3v) is 4.42. The van der Waals surface area contributed by atoms with Crippen LogP contribution in [-0.2, 0) is 11.4 Å². The Hall–Kier alpha value is -3.33. The number of carbonyl (C=O) groups is 1. The smallest absolute Gasteiger partial charge is 0.248 e. The zero-order chi connectivity index (χ0) is 19.1. The lowest BCUT2D eigenvalue weighted by Crippen LogP contribution is -2.09. The number of benzene rings is 3. The topological polar surface area (TPSA) is 38.3 Å². The monoisotopic (exact) mass is 357 g/mol. The molecule has 0 unspecified atom stereocenters. The third kappa shape index (κ3) is 5.32. The van der Waals surface area contributed by atoms with Gasteiger partial charge >= 0.3 is 0 Å². The van der Waals surface area contributed by atoms with Crippen LogP contribution in [0.5, 0.6) is 5.75 Å². The molecule has 1 N–H and O–H groups in total. The van der Waals surface area contributed by atoms with Crippen molar-refractivity contribution < 1.29 is 9.53 Å². The second-order valence-corrected chi connectivity index (χ2v) is 6.41. The van der Waals surface area contributed by atoms with E-state index in [0.29, 0.717) is 6.61 Å². The SMILES string of the molecule is Cc1cccc(NC(=O)/C=C/c2ccc(OCc3ccccc3)cc2)c1C. The van der Waals surface area contributed by atoms with Gasteiger partial charge in [-0.3, -0.25) is 4.79 Å². The fourth-order valence-corrected chi connectivity index (χ4v) is 2.65. The standard InChI is InChI=1S/C24H23NO2/c1-18-7-6-10-23(19(18)2)25-24(26)16-13-20-11-14-22(15-12-20)27-17-21-8-4-3-5-9-21/h3-16H,17H2,1-2H3,(H,25,26)/b16-13+. The van der Waals surface area contributed by atoms with Crippen LogP contribution in [-0.4, -0.2) is 5.91 Å². The zero-order valence-electron chi connectivity index (χ0n) is 15.6. The van der Waals surface area contributed by atoms with Gasteiger partial charge in [-0.05, 0) is 60.4 Å². The fourth-order valence-electron chi connectivity index (χ4n) is 2.65. The molecule has 1 amide bonds. The maximum absolute atomic E-state index is 12.2. The largest absolute Gasteiger partial charge is 0.489 e. The first-order chi connectivity index (χ1) is 13.1. The van der Waals surface area contributed by atoms with E-state index in [1.165, 1.54) is 0 Å². The quantitative estimate of drug-likeness (QED) is 0.589. The zero-order valence-corrected chi connectivity index (χ0v) is 15.6. The van der Waals surface area contributed by atoms with Gasteiger partial charge in [0.15, 0.2) is 0 Å². The van der Waals surface area contributed by atoms with E-state index < -0.39 is 0 Å². The number of hydrogen-bond donors (Lipinski definition) is 1. The summed E-state index contributed by atoms with van der Waals surface area (Å²) >= 11 is 0. The molecule has 0 bridgehead atoms. The lowest BCUT2D eigenvalue weighted by atomic mass is 10.1. The molecule has 3 aromatic rings. The molecule has 3 aromatic carbocycles. The molecule has 0 saturated heterocycles. The van der Waals surface area contributed by atoms with Crippen LogP contribution < -0.4 is 10.1 Å². The van der Waals surface area contributed by atoms with E-state index in [0.717, 1.165) is 33.7 Å². The highest BCUT2D eigenvalue weighted by Crippen LogP contribution is 2.18. The number of hydrogen-bond acceptors (Lipinski definition) is 2. The van der Waals surface area contributed by atoms with Crippen molar-refractivity contribution in [2.45, 2.75) is 20.5 Å². The first-order valence-corrected chi connectivity index (χ1v) is 8.94. The molecule has 0 aliphatic rings. The van der Waals surface area contributed by atoms with Gasteiger partial charge in [0.05, 0.1) is 0 Å². The van der Waals surface area contributed by atoms with Gasteiger partial charge in [0, 0.05) is 11.8 Å². The molecule has 3 nitrogen and oxygen atoms in total. The van der Waals surface area contributed by atoms with Gasteiger partial charge < -0.3 is 10.1 Å². The van der Waals surface area contributed by atoms with Gasteiger partial charge in [-0.15, -0.1) is 0 Å². The molecule has 3 heteroatoms. The number of anilines is 1. The number of aryl methyl sites for hydroxylation is 1. The average Bonchev–Trinajstić information content (AvgIpc) is 2.70. The molecule has 0 aliphatic carbocycles. The van der Waals surface area contributed by atoms with Gasteiger partial charge in [-0.2, -0.15) is 0 Å². The van der Waals surface area contributed by atoms with E-state index in [1.54, 1.807) is 12.2 Å². The highest BCUT2D eigenvalue weighted by molar-refractivity contribution is 6.02. The molecule has 136 valence electrons. The molecule has 3 rings (SSSR count). The molecule has 27 heavy (non-hydrogen) atoms. The normalized spacial score (nSPS) is 10.7. The highest BCUT2D eigenvalue weighted by Gasteiger charge is 2.03. The fraction of sp³-hybridized carbons (Fsp3) is 0.125. The maximum atomic E-state index is 12.2. The van der Waals surface area contributed by atoms with Crippen LogP contribution in [0.4, 0.5) is 5.69 Å². The van der Waals surface area contributed by atoms with E-state index in [4.69, 9.17) is 4.74 Å². The van der Waals surface area contributed by atoms with Crippen molar-refractivity contribution in [1.29, 1.82) is 0 Å². The Bertz CT molecular complexity index is 928. The van der Waals surface area contributed by atoms with Gasteiger partial charge in [0.25, 0.3) is 0 Å². The Kier molecular flexibility index (Phi) is 6.06. The maximum Gasteiger partial charge on any atom is 0.248 e. The van der Waals surface area contributed by atoms with Crippen molar-refractivity contribution in [2.75, 3.05) is 5.32 Å². The summed E-state index contributed by atoms with van der Waals surface area (Å²) in [5, 5.41) is 2.92. The van der Waals surface area contributed by atoms with Crippen LogP contribution >= 0.6 is 0 Å². The summed E-state index contributed by atoms with van der Waals surface area (Å²) in [6.07, 6.45) is 3.34. The molecule has 0 spiro atoms. The minimum Gasteiger partial charge on any atom is -0.489 e. The summed E-state index contributed by atoms with van der Waals surface area (Å²) in [6, 6.07) is 23.6. The summed E-state index contributed by atoms with van der Waals surface area (Å²) in [4.78, 5) is 12.2. The van der Waals surface area contributed by atoms with E-state index in [2.05, 4.69) is 5.32 Å². The van der Waals surface area contributed by atoms with E-state index >= 15 is 0 Å². The number of carbonyl (C=O) groups excluding carboxylic acids is 1. The van der Waals surface area contributed by atoms with Crippen LogP contribution in [0.15, 0.2) is 78.9 Å². The number of nitrogens with one attached hydrogen (secondary N) is 1. The van der Waals surface area contributed by atoms with Crippen molar-refractivity contribution >= 4 is 17.7 Å². The first-order valence-electron chi connectivity index (χ1n) is 8.94. The second kappa shape index (κ2) is 8.86. The molecule has 0 heterocycles. The summed E-state index contributed by atoms with van der Waals surface area (Å²) in [5.74, 6) is 0.656. The summed E-state index contributed by atoms with van der Waals surface area (Å²) in [7, 11) is 0. The minimum atomic E-state index is -0.145. The number of amides is 1. The Labute approximate surface area is 160 Å². The van der Waals surface area contributed by atoms with Crippen molar-refractivity contribution in [1.82, 2.24) is 0 Å². The molecule has 0 radical (unpaired) electrons. The van der Waals surface area contributed by atoms with Gasteiger partial charge in [0.1, 0.15) is 12.4 Å². The lowest BCUT2D eigenvalue weighted by molar-refractivity contribution is -0.111. The average molecular weight is 357 g/mol. The Morgan fingerprint density at radius 2 is 1.67 bits per heavy atom. The van der Waals surface area contributed by atoms with Crippen LogP contribution in [0.3, 0.4) is 0 Å². The molecule has 0 aromatic heterocycles. The van der Waals surface area contributed by atoms with Gasteiger partial charge in [-0.1, -0.05) is 54.6 Å². The lowest BCUT2D eigenvalue weighted by Gasteiger charge is -2.08. The van der Waals surface area contributed by atoms with E-state index in [1.807, 2.05) is 86.6 Å². The Morgan fingerprint density at radius 1 is 0.926 bits per heavy atom. The van der Waals surface area contributed by atoms with Gasteiger partial charge in [-0.25, -0.2) is 0 Å². The highest BCUT2D eigenvalue weighted by atomic mass is 16.5. The predicted molar refractivity (Wildman–Crippen MR) is 111 cm³/mol. The predicted octanol–water partition coefficient (Wildman–Crippen LogP) is 5.53. The minimum absolute atomic E-state index is 0.145. The van der Waals surface area contributed by atoms with Crippen LogP contribution in [0.2, 0.25) is 0 Å². The molecule has 0 aliphatic heterocycles. The van der Waals surface area contributed by atoms with Crippen molar-refractivity contribution in [3.8, 4) is 5.75 Å². The Balaban J connectivity index is 1.55. The van der Waals surface area contributed by atoms with Gasteiger partial charge in [0.2, 0.25) is 5.91 Å². The van der Waals surface area contributed by atoms with Crippen molar-refractivity contribution in [3.63, 3.8) is 0 Å². The number of ether oxygens (including phenoxy) is 1. The van der Waals surface area contributed by atoms with Crippen LogP contribution in [0, 0.1) is 13.8 Å². The second-order valence-electron chi connectivity index (χ2n) is 6.41. The molecule has 0 fully saturated rings. The molecular formula is C24H23NO2. The van der Waals surface area contributed by atoms with Crippen molar-refractivity contribution in [3.05, 3.63) is 101 Å². The molecular weight excluding hydrogens is 334 g/mol. The van der Waals surface area contributed by atoms with E-state index in [9.17, 15) is 4.79 Å².